The molecule has 1 aliphatic rings. The van der Waals surface area contributed by atoms with Crippen LogP contribution in [0.1, 0.15) is 43.0 Å². The van der Waals surface area contributed by atoms with Crippen molar-refractivity contribution in [3.8, 4) is 11.5 Å². The van der Waals surface area contributed by atoms with Gasteiger partial charge in [0.15, 0.2) is 12.9 Å². The Hall–Kier alpha value is -2.57. The number of hydrogen-bond acceptors (Lipinski definition) is 5. The number of carbonyl (C=O) groups excluding carboxylic acids is 3. The maximum atomic E-state index is 11.9. The summed E-state index contributed by atoms with van der Waals surface area (Å²) in [6.45, 7) is 1.74. The summed E-state index contributed by atoms with van der Waals surface area (Å²) in [4.78, 5) is 34.8. The summed E-state index contributed by atoms with van der Waals surface area (Å²) in [7, 11) is 1.49. The molecule has 2 rings (SSSR count). The summed E-state index contributed by atoms with van der Waals surface area (Å²) in [6, 6.07) is 4.25. The Bertz CT molecular complexity index is 632. The lowest BCUT2D eigenvalue weighted by Gasteiger charge is -2.29. The quantitative estimate of drug-likeness (QED) is 0.769. The van der Waals surface area contributed by atoms with Gasteiger partial charge < -0.3 is 14.8 Å². The molecule has 0 spiro atoms. The van der Waals surface area contributed by atoms with Gasteiger partial charge in [-0.1, -0.05) is 19.8 Å². The van der Waals surface area contributed by atoms with Gasteiger partial charge in [-0.2, -0.15) is 0 Å². The van der Waals surface area contributed by atoms with Crippen molar-refractivity contribution in [2.45, 2.75) is 38.6 Å². The van der Waals surface area contributed by atoms with Crippen LogP contribution in [-0.2, 0) is 4.79 Å². The van der Waals surface area contributed by atoms with Crippen LogP contribution < -0.4 is 20.1 Å². The highest BCUT2D eigenvalue weighted by Crippen LogP contribution is 2.24. The monoisotopic (exact) mass is 348 g/mol. The number of nitrogens with one attached hydrogen (secondary N) is 2. The van der Waals surface area contributed by atoms with Crippen LogP contribution in [0.2, 0.25) is 0 Å². The predicted molar refractivity (Wildman–Crippen MR) is 92.0 cm³/mol. The van der Waals surface area contributed by atoms with Crippen LogP contribution in [0.25, 0.3) is 0 Å². The molecule has 7 nitrogen and oxygen atoms in total. The molecule has 136 valence electrons. The Balaban J connectivity index is 1.82. The normalized spacial score (nSPS) is 19.6. The number of rotatable bonds is 6. The first-order valence-corrected chi connectivity index (χ1v) is 8.40. The average Bonchev–Trinajstić information content (AvgIpc) is 2.61. The molecule has 0 unspecified atom stereocenters. The first kappa shape index (κ1) is 18.8. The van der Waals surface area contributed by atoms with Gasteiger partial charge in [-0.3, -0.25) is 14.9 Å². The van der Waals surface area contributed by atoms with Crippen molar-refractivity contribution < 1.29 is 23.9 Å². The van der Waals surface area contributed by atoms with Crippen molar-refractivity contribution in [3.05, 3.63) is 23.8 Å². The van der Waals surface area contributed by atoms with Crippen molar-refractivity contribution in [3.63, 3.8) is 0 Å². The number of ether oxygens (including phenoxy) is 2. The molecule has 25 heavy (non-hydrogen) atoms. The fourth-order valence-corrected chi connectivity index (χ4v) is 2.92. The van der Waals surface area contributed by atoms with Gasteiger partial charge in [0.2, 0.25) is 0 Å². The standard InChI is InChI=1S/C18H24N2O5/c1-12-5-3-4-6-15(12)19-18(23)20-17(22)11-25-16-8-7-14(24-2)9-13(16)10-21/h7-10,12,15H,3-6,11H2,1-2H3,(H2,19,20,22,23)/t12-,15+/m1/s1. The zero-order chi connectivity index (χ0) is 18.2. The second-order valence-electron chi connectivity index (χ2n) is 6.20. The maximum absolute atomic E-state index is 11.9. The van der Waals surface area contributed by atoms with E-state index < -0.39 is 11.9 Å². The lowest BCUT2D eigenvalue weighted by Crippen LogP contribution is -2.48. The third kappa shape index (κ3) is 5.48. The van der Waals surface area contributed by atoms with E-state index in [0.29, 0.717) is 18.0 Å². The highest BCUT2D eigenvalue weighted by molar-refractivity contribution is 5.95. The first-order chi connectivity index (χ1) is 12.0. The SMILES string of the molecule is COc1ccc(OCC(=O)NC(=O)N[C@H]2CCCC[C@H]2C)c(C=O)c1. The summed E-state index contributed by atoms with van der Waals surface area (Å²) < 4.78 is 10.3. The molecule has 2 atom stereocenters. The van der Waals surface area contributed by atoms with Gasteiger partial charge in [0.1, 0.15) is 11.5 Å². The number of benzene rings is 1. The number of amides is 3. The van der Waals surface area contributed by atoms with Gasteiger partial charge in [0.25, 0.3) is 5.91 Å². The number of methoxy groups -OCH3 is 1. The van der Waals surface area contributed by atoms with E-state index in [0.717, 1.165) is 19.3 Å². The van der Waals surface area contributed by atoms with E-state index in [1.54, 1.807) is 12.1 Å². The molecule has 0 saturated heterocycles. The van der Waals surface area contributed by atoms with Crippen LogP contribution in [0.4, 0.5) is 4.79 Å². The van der Waals surface area contributed by atoms with Gasteiger partial charge in [-0.05, 0) is 37.0 Å². The smallest absolute Gasteiger partial charge is 0.321 e. The van der Waals surface area contributed by atoms with Crippen molar-refractivity contribution in [2.75, 3.05) is 13.7 Å². The van der Waals surface area contributed by atoms with E-state index in [2.05, 4.69) is 17.6 Å². The third-order valence-electron chi connectivity index (χ3n) is 4.38. The van der Waals surface area contributed by atoms with Gasteiger partial charge in [-0.25, -0.2) is 4.79 Å². The molecule has 1 aromatic carbocycles. The predicted octanol–water partition coefficient (Wildman–Crippen LogP) is 2.29. The zero-order valence-electron chi connectivity index (χ0n) is 14.5. The Morgan fingerprint density at radius 1 is 1.28 bits per heavy atom. The first-order valence-electron chi connectivity index (χ1n) is 8.40. The van der Waals surface area contributed by atoms with Gasteiger partial charge >= 0.3 is 6.03 Å². The van der Waals surface area contributed by atoms with Crippen LogP contribution >= 0.6 is 0 Å². The molecular formula is C18H24N2O5. The van der Waals surface area contributed by atoms with Crippen LogP contribution in [0.5, 0.6) is 11.5 Å². The minimum absolute atomic E-state index is 0.0886. The van der Waals surface area contributed by atoms with E-state index in [9.17, 15) is 14.4 Å². The molecule has 1 aromatic rings. The van der Waals surface area contributed by atoms with E-state index in [4.69, 9.17) is 9.47 Å². The minimum Gasteiger partial charge on any atom is -0.497 e. The highest BCUT2D eigenvalue weighted by atomic mass is 16.5. The Morgan fingerprint density at radius 2 is 2.04 bits per heavy atom. The maximum Gasteiger partial charge on any atom is 0.321 e. The Morgan fingerprint density at radius 3 is 2.72 bits per heavy atom. The van der Waals surface area contributed by atoms with Gasteiger partial charge in [-0.15, -0.1) is 0 Å². The molecule has 0 heterocycles. The van der Waals surface area contributed by atoms with E-state index in [1.165, 1.54) is 19.6 Å². The largest absolute Gasteiger partial charge is 0.497 e. The summed E-state index contributed by atoms with van der Waals surface area (Å²) in [6.07, 6.45) is 4.88. The molecule has 1 saturated carbocycles. The molecule has 0 aromatic heterocycles. The second-order valence-corrected chi connectivity index (χ2v) is 6.20. The number of urea groups is 1. The van der Waals surface area contributed by atoms with E-state index >= 15 is 0 Å². The Kier molecular flexibility index (Phi) is 6.80. The molecule has 7 heteroatoms. The summed E-state index contributed by atoms with van der Waals surface area (Å²) in [5, 5.41) is 5.09. The van der Waals surface area contributed by atoms with Crippen LogP contribution in [-0.4, -0.2) is 38.0 Å². The summed E-state index contributed by atoms with van der Waals surface area (Å²) >= 11 is 0. The molecule has 3 amide bonds. The molecule has 2 N–H and O–H groups in total. The molecule has 0 aliphatic heterocycles. The minimum atomic E-state index is -0.575. The molecule has 0 bridgehead atoms. The van der Waals surface area contributed by atoms with Crippen molar-refractivity contribution >= 4 is 18.2 Å². The molecule has 1 aliphatic carbocycles. The lowest BCUT2D eigenvalue weighted by atomic mass is 9.86. The van der Waals surface area contributed by atoms with Crippen LogP contribution in [0.3, 0.4) is 0 Å². The summed E-state index contributed by atoms with van der Waals surface area (Å²) in [5.41, 5.74) is 0.271. The second kappa shape index (κ2) is 9.05. The Labute approximate surface area is 147 Å². The lowest BCUT2D eigenvalue weighted by molar-refractivity contribution is -0.122. The number of hydrogen-bond donors (Lipinski definition) is 2. The topological polar surface area (TPSA) is 93.7 Å². The molecule has 1 fully saturated rings. The van der Waals surface area contributed by atoms with Gasteiger partial charge in [0.05, 0.1) is 12.7 Å². The van der Waals surface area contributed by atoms with Crippen molar-refractivity contribution in [1.29, 1.82) is 0 Å². The number of aldehydes is 1. The average molecular weight is 348 g/mol. The van der Waals surface area contributed by atoms with Gasteiger partial charge in [0, 0.05) is 6.04 Å². The molecular weight excluding hydrogens is 324 g/mol. The fraction of sp³-hybridized carbons (Fsp3) is 0.500. The number of carbonyl (C=O) groups is 3. The fourth-order valence-electron chi connectivity index (χ4n) is 2.92. The zero-order valence-corrected chi connectivity index (χ0v) is 14.5. The van der Waals surface area contributed by atoms with Crippen LogP contribution in [0, 0.1) is 5.92 Å². The van der Waals surface area contributed by atoms with Crippen LogP contribution in [0.15, 0.2) is 18.2 Å². The van der Waals surface area contributed by atoms with Crippen molar-refractivity contribution in [1.82, 2.24) is 10.6 Å². The highest BCUT2D eigenvalue weighted by Gasteiger charge is 2.23. The van der Waals surface area contributed by atoms with E-state index in [1.807, 2.05) is 0 Å². The molecule has 0 radical (unpaired) electrons. The third-order valence-corrected chi connectivity index (χ3v) is 4.38. The summed E-state index contributed by atoms with van der Waals surface area (Å²) in [5.74, 6) is 0.598. The van der Waals surface area contributed by atoms with Crippen molar-refractivity contribution in [2.24, 2.45) is 5.92 Å². The number of imide groups is 1. The van der Waals surface area contributed by atoms with E-state index in [-0.39, 0.29) is 24.0 Å².